The third-order valence-electron chi connectivity index (χ3n) is 4.41. The van der Waals surface area contributed by atoms with Crippen LogP contribution in [-0.2, 0) is 4.79 Å². The second kappa shape index (κ2) is 7.53. The van der Waals surface area contributed by atoms with E-state index in [1.165, 1.54) is 6.08 Å². The predicted octanol–water partition coefficient (Wildman–Crippen LogP) is 2.07. The number of rotatable bonds is 6. The van der Waals surface area contributed by atoms with Gasteiger partial charge in [-0.25, -0.2) is 0 Å². The summed E-state index contributed by atoms with van der Waals surface area (Å²) in [6.07, 6.45) is 6.34. The lowest BCUT2D eigenvalue weighted by atomic mass is 9.99. The summed E-state index contributed by atoms with van der Waals surface area (Å²) < 4.78 is 6.31. The molecule has 1 aliphatic rings. The molecule has 0 N–H and O–H groups in total. The van der Waals surface area contributed by atoms with Crippen LogP contribution in [-0.4, -0.2) is 62.3 Å². The lowest BCUT2D eigenvalue weighted by Crippen LogP contribution is -2.55. The molecule has 1 saturated heterocycles. The molecule has 0 bridgehead atoms. The summed E-state index contributed by atoms with van der Waals surface area (Å²) >= 11 is 0. The van der Waals surface area contributed by atoms with E-state index in [0.717, 1.165) is 37.8 Å². The summed E-state index contributed by atoms with van der Waals surface area (Å²) in [7, 11) is 6.12. The molecule has 0 spiro atoms. The number of likely N-dealkylation sites (tertiary alicyclic amines) is 1. The molecule has 0 atom stereocenters. The standard InChI is InChI=1S/C18H24N2O3/c1-19(2)18(8-10-20(3)11-9-18)23-17-7-6-15(5-4-12-21)13-16(17)14-22/h4-7,12-14H,8-11H2,1-3H3/b5-4+. The maximum absolute atomic E-state index is 11.4. The fourth-order valence-corrected chi connectivity index (χ4v) is 2.82. The Bertz CT molecular complexity index is 588. The molecule has 1 fully saturated rings. The topological polar surface area (TPSA) is 49.9 Å². The smallest absolute Gasteiger partial charge is 0.165 e. The monoisotopic (exact) mass is 316 g/mol. The molecule has 5 heteroatoms. The Labute approximate surface area is 137 Å². The number of hydrogen-bond donors (Lipinski definition) is 0. The van der Waals surface area contributed by atoms with Crippen LogP contribution in [0.2, 0.25) is 0 Å². The Kier molecular flexibility index (Phi) is 5.69. The molecular weight excluding hydrogens is 292 g/mol. The van der Waals surface area contributed by atoms with Crippen molar-refractivity contribution in [2.75, 3.05) is 34.2 Å². The lowest BCUT2D eigenvalue weighted by molar-refractivity contribution is -0.104. The third-order valence-corrected chi connectivity index (χ3v) is 4.41. The van der Waals surface area contributed by atoms with Gasteiger partial charge >= 0.3 is 0 Å². The average Bonchev–Trinajstić information content (AvgIpc) is 2.55. The fourth-order valence-electron chi connectivity index (χ4n) is 2.82. The van der Waals surface area contributed by atoms with Gasteiger partial charge in [0, 0.05) is 25.9 Å². The average molecular weight is 316 g/mol. The van der Waals surface area contributed by atoms with E-state index >= 15 is 0 Å². The molecule has 0 unspecified atom stereocenters. The van der Waals surface area contributed by atoms with Gasteiger partial charge in [0.05, 0.1) is 5.56 Å². The van der Waals surface area contributed by atoms with Crippen molar-refractivity contribution in [3.63, 3.8) is 0 Å². The second-order valence-electron chi connectivity index (χ2n) is 6.16. The zero-order chi connectivity index (χ0) is 16.9. The fraction of sp³-hybridized carbons (Fsp3) is 0.444. The van der Waals surface area contributed by atoms with Crippen molar-refractivity contribution < 1.29 is 14.3 Å². The number of hydrogen-bond acceptors (Lipinski definition) is 5. The molecule has 5 nitrogen and oxygen atoms in total. The lowest BCUT2D eigenvalue weighted by Gasteiger charge is -2.45. The van der Waals surface area contributed by atoms with Gasteiger partial charge in [0.15, 0.2) is 12.0 Å². The minimum atomic E-state index is -0.398. The first-order chi connectivity index (χ1) is 11.0. The van der Waals surface area contributed by atoms with Crippen LogP contribution >= 0.6 is 0 Å². The number of allylic oxidation sites excluding steroid dienone is 1. The maximum atomic E-state index is 11.4. The second-order valence-corrected chi connectivity index (χ2v) is 6.16. The van der Waals surface area contributed by atoms with Crippen LogP contribution in [0.15, 0.2) is 24.3 Å². The van der Waals surface area contributed by atoms with Crippen molar-refractivity contribution in [1.82, 2.24) is 9.80 Å². The highest BCUT2D eigenvalue weighted by atomic mass is 16.5. The van der Waals surface area contributed by atoms with Crippen LogP contribution in [0.1, 0.15) is 28.8 Å². The Hall–Kier alpha value is -1.98. The molecular formula is C18H24N2O3. The summed E-state index contributed by atoms with van der Waals surface area (Å²) in [5.74, 6) is 0.585. The molecule has 124 valence electrons. The van der Waals surface area contributed by atoms with Crippen molar-refractivity contribution in [2.24, 2.45) is 0 Å². The highest BCUT2D eigenvalue weighted by molar-refractivity contribution is 5.82. The van der Waals surface area contributed by atoms with Gasteiger partial charge in [0.2, 0.25) is 0 Å². The normalized spacial score (nSPS) is 18.3. The van der Waals surface area contributed by atoms with Gasteiger partial charge in [-0.2, -0.15) is 0 Å². The van der Waals surface area contributed by atoms with Crippen LogP contribution in [0.3, 0.4) is 0 Å². The van der Waals surface area contributed by atoms with E-state index in [0.29, 0.717) is 17.6 Å². The zero-order valence-corrected chi connectivity index (χ0v) is 14.0. The van der Waals surface area contributed by atoms with E-state index in [1.54, 1.807) is 18.2 Å². The van der Waals surface area contributed by atoms with Crippen molar-refractivity contribution in [1.29, 1.82) is 0 Å². The van der Waals surface area contributed by atoms with E-state index in [4.69, 9.17) is 4.74 Å². The van der Waals surface area contributed by atoms with Crippen molar-refractivity contribution >= 4 is 18.6 Å². The van der Waals surface area contributed by atoms with Gasteiger partial charge in [-0.1, -0.05) is 12.1 Å². The first-order valence-corrected chi connectivity index (χ1v) is 7.77. The minimum Gasteiger partial charge on any atom is -0.472 e. The molecule has 1 aliphatic heterocycles. The van der Waals surface area contributed by atoms with E-state index in [-0.39, 0.29) is 0 Å². The molecule has 0 amide bonds. The number of ether oxygens (including phenoxy) is 1. The largest absolute Gasteiger partial charge is 0.472 e. The predicted molar refractivity (Wildman–Crippen MR) is 90.7 cm³/mol. The quantitative estimate of drug-likeness (QED) is 0.457. The van der Waals surface area contributed by atoms with Crippen LogP contribution in [0.25, 0.3) is 6.08 Å². The molecule has 23 heavy (non-hydrogen) atoms. The van der Waals surface area contributed by atoms with Crippen molar-refractivity contribution in [3.05, 3.63) is 35.4 Å². The zero-order valence-electron chi connectivity index (χ0n) is 14.0. The van der Waals surface area contributed by atoms with Gasteiger partial charge < -0.3 is 9.64 Å². The number of piperidine rings is 1. The number of nitrogens with zero attached hydrogens (tertiary/aromatic N) is 2. The van der Waals surface area contributed by atoms with E-state index in [9.17, 15) is 9.59 Å². The third kappa shape index (κ3) is 4.06. The van der Waals surface area contributed by atoms with Crippen LogP contribution in [0, 0.1) is 0 Å². The molecule has 2 rings (SSSR count). The SMILES string of the molecule is CN1CCC(Oc2ccc(/C=C/C=O)cc2C=O)(N(C)C)CC1. The van der Waals surface area contributed by atoms with Gasteiger partial charge in [-0.05, 0) is 44.9 Å². The van der Waals surface area contributed by atoms with Crippen LogP contribution < -0.4 is 4.74 Å². The number of benzene rings is 1. The molecule has 1 aromatic rings. The van der Waals surface area contributed by atoms with E-state index < -0.39 is 5.72 Å². The van der Waals surface area contributed by atoms with Gasteiger partial charge in [0.1, 0.15) is 12.0 Å². The van der Waals surface area contributed by atoms with Crippen molar-refractivity contribution in [2.45, 2.75) is 18.6 Å². The molecule has 0 saturated carbocycles. The van der Waals surface area contributed by atoms with Crippen LogP contribution in [0.5, 0.6) is 5.75 Å². The molecule has 0 aliphatic carbocycles. The number of carbonyl (C=O) groups excluding carboxylic acids is 2. The summed E-state index contributed by atoms with van der Waals surface area (Å²) in [6.45, 7) is 1.91. The highest BCUT2D eigenvalue weighted by Gasteiger charge is 2.38. The molecule has 1 aromatic carbocycles. The first kappa shape index (κ1) is 17.4. The van der Waals surface area contributed by atoms with Crippen LogP contribution in [0.4, 0.5) is 0 Å². The summed E-state index contributed by atoms with van der Waals surface area (Å²) in [6, 6.07) is 5.39. The van der Waals surface area contributed by atoms with Crippen molar-refractivity contribution in [3.8, 4) is 5.75 Å². The summed E-state index contributed by atoms with van der Waals surface area (Å²) in [5, 5.41) is 0. The van der Waals surface area contributed by atoms with Gasteiger partial charge in [0.25, 0.3) is 0 Å². The first-order valence-electron chi connectivity index (χ1n) is 7.77. The number of carbonyl (C=O) groups is 2. The maximum Gasteiger partial charge on any atom is 0.165 e. The molecule has 0 aromatic heterocycles. The summed E-state index contributed by atoms with van der Waals surface area (Å²) in [5.41, 5.74) is 0.900. The molecule has 0 radical (unpaired) electrons. The van der Waals surface area contributed by atoms with E-state index in [2.05, 4.69) is 16.8 Å². The highest BCUT2D eigenvalue weighted by Crippen LogP contribution is 2.32. The van der Waals surface area contributed by atoms with E-state index in [1.807, 2.05) is 20.2 Å². The van der Waals surface area contributed by atoms with Gasteiger partial charge in [-0.3, -0.25) is 14.5 Å². The number of aldehydes is 2. The minimum absolute atomic E-state index is 0.398. The molecule has 1 heterocycles. The van der Waals surface area contributed by atoms with Gasteiger partial charge in [-0.15, -0.1) is 0 Å². The Morgan fingerprint density at radius 2 is 1.91 bits per heavy atom. The Balaban J connectivity index is 2.28. The Morgan fingerprint density at radius 3 is 2.48 bits per heavy atom. The Morgan fingerprint density at radius 1 is 1.22 bits per heavy atom. The summed E-state index contributed by atoms with van der Waals surface area (Å²) in [4.78, 5) is 26.2.